The van der Waals surface area contributed by atoms with Crippen LogP contribution in [0.5, 0.6) is 0 Å². The van der Waals surface area contributed by atoms with Crippen molar-refractivity contribution in [3.8, 4) is 0 Å². The maximum atomic E-state index is 13.0. The highest BCUT2D eigenvalue weighted by molar-refractivity contribution is 7.21. The van der Waals surface area contributed by atoms with Crippen LogP contribution in [0.3, 0.4) is 0 Å². The number of carbonyl (C=O) groups excluding carboxylic acids is 2. The molecule has 1 aliphatic heterocycles. The summed E-state index contributed by atoms with van der Waals surface area (Å²) in [6.07, 6.45) is 3.92. The molecule has 1 amide bonds. The van der Waals surface area contributed by atoms with Gasteiger partial charge in [0.1, 0.15) is 10.7 Å². The van der Waals surface area contributed by atoms with Crippen LogP contribution in [0.4, 0.5) is 5.13 Å². The average Bonchev–Trinajstić information content (AvgIpc) is 3.17. The van der Waals surface area contributed by atoms with Crippen molar-refractivity contribution >= 4 is 49.9 Å². The van der Waals surface area contributed by atoms with Gasteiger partial charge in [0.2, 0.25) is 0 Å². The van der Waals surface area contributed by atoms with Gasteiger partial charge in [0.25, 0.3) is 11.5 Å². The second-order valence-electron chi connectivity index (χ2n) is 6.88. The highest BCUT2D eigenvalue weighted by atomic mass is 32.1. The Hall–Kier alpha value is -2.59. The number of aryl methyl sites for hydroxylation is 2. The van der Waals surface area contributed by atoms with Gasteiger partial charge in [-0.2, -0.15) is 0 Å². The Bertz CT molecular complexity index is 1160. The van der Waals surface area contributed by atoms with Crippen molar-refractivity contribution in [2.24, 2.45) is 0 Å². The molecule has 0 bridgehead atoms. The Labute approximate surface area is 174 Å². The number of methoxy groups -OCH3 is 1. The minimum Gasteiger partial charge on any atom is -0.469 e. The Kier molecular flexibility index (Phi) is 5.46. The molecular weight excluding hydrogens is 412 g/mol. The lowest BCUT2D eigenvalue weighted by atomic mass is 10.2. The monoisotopic (exact) mass is 432 g/mol. The molecular formula is C19H20N4O4S2. The molecule has 152 valence electrons. The molecule has 1 N–H and O–H groups in total. The van der Waals surface area contributed by atoms with Crippen LogP contribution in [0.25, 0.3) is 10.2 Å². The molecule has 0 radical (unpaired) electrons. The van der Waals surface area contributed by atoms with E-state index >= 15 is 0 Å². The van der Waals surface area contributed by atoms with Crippen molar-refractivity contribution in [2.45, 2.75) is 45.6 Å². The number of fused-ring (bicyclic) bond motifs is 2. The van der Waals surface area contributed by atoms with Crippen molar-refractivity contribution in [2.75, 3.05) is 12.4 Å². The van der Waals surface area contributed by atoms with E-state index in [1.165, 1.54) is 29.8 Å². The third-order valence-corrected chi connectivity index (χ3v) is 6.93. The molecule has 0 aliphatic carbocycles. The zero-order valence-corrected chi connectivity index (χ0v) is 17.7. The fraction of sp³-hybridized carbons (Fsp3) is 0.421. The quantitative estimate of drug-likeness (QED) is 0.636. The van der Waals surface area contributed by atoms with Gasteiger partial charge in [-0.15, -0.1) is 22.7 Å². The Morgan fingerprint density at radius 3 is 2.90 bits per heavy atom. The normalized spacial score (nSPS) is 13.7. The van der Waals surface area contributed by atoms with Gasteiger partial charge in [-0.3, -0.25) is 24.3 Å². The summed E-state index contributed by atoms with van der Waals surface area (Å²) < 4.78 is 6.39. The standard InChI is InChI=1S/C19H20N4O4S2/c1-10-14-17(21-12-6-4-3-5-7-23(12)18(14)26)29-15(10)16(25)22-19-20-11(9-28-19)8-13(24)27-2/h9H,3-8H2,1-2H3,(H,20,22,25). The first-order valence-corrected chi connectivity index (χ1v) is 11.0. The number of anilines is 1. The number of rotatable bonds is 4. The zero-order valence-electron chi connectivity index (χ0n) is 16.1. The van der Waals surface area contributed by atoms with E-state index in [1.54, 1.807) is 16.9 Å². The van der Waals surface area contributed by atoms with Crippen LogP contribution in [0.2, 0.25) is 0 Å². The van der Waals surface area contributed by atoms with Gasteiger partial charge in [0, 0.05) is 18.3 Å². The summed E-state index contributed by atoms with van der Waals surface area (Å²) in [6, 6.07) is 0. The van der Waals surface area contributed by atoms with Gasteiger partial charge < -0.3 is 4.74 Å². The summed E-state index contributed by atoms with van der Waals surface area (Å²) in [6.45, 7) is 2.46. The molecule has 1 aliphatic rings. The van der Waals surface area contributed by atoms with Crippen molar-refractivity contribution in [1.29, 1.82) is 0 Å². The third-order valence-electron chi connectivity index (χ3n) is 4.94. The second kappa shape index (κ2) is 8.03. The number of nitrogens with one attached hydrogen (secondary N) is 1. The zero-order chi connectivity index (χ0) is 20.5. The van der Waals surface area contributed by atoms with E-state index in [9.17, 15) is 14.4 Å². The third kappa shape index (κ3) is 3.82. The highest BCUT2D eigenvalue weighted by Crippen LogP contribution is 2.29. The molecule has 0 unspecified atom stereocenters. The Morgan fingerprint density at radius 1 is 1.28 bits per heavy atom. The molecule has 8 nitrogen and oxygen atoms in total. The number of hydrogen-bond donors (Lipinski definition) is 1. The number of thiophene rings is 1. The summed E-state index contributed by atoms with van der Waals surface area (Å²) >= 11 is 2.47. The van der Waals surface area contributed by atoms with E-state index in [1.807, 2.05) is 0 Å². The average molecular weight is 433 g/mol. The van der Waals surface area contributed by atoms with Crippen molar-refractivity contribution in [1.82, 2.24) is 14.5 Å². The van der Waals surface area contributed by atoms with Crippen LogP contribution in [0.1, 0.15) is 46.0 Å². The SMILES string of the molecule is COC(=O)Cc1csc(NC(=O)c2sc3nc4n(c(=O)c3c2C)CCCCC4)n1. The van der Waals surface area contributed by atoms with E-state index in [0.717, 1.165) is 31.5 Å². The Balaban J connectivity index is 1.63. The van der Waals surface area contributed by atoms with Crippen LogP contribution in [-0.2, 0) is 28.9 Å². The molecule has 0 saturated carbocycles. The number of amides is 1. The van der Waals surface area contributed by atoms with E-state index in [0.29, 0.717) is 38.0 Å². The topological polar surface area (TPSA) is 103 Å². The Morgan fingerprint density at radius 2 is 2.10 bits per heavy atom. The molecule has 0 spiro atoms. The van der Waals surface area contributed by atoms with E-state index < -0.39 is 0 Å². The second-order valence-corrected chi connectivity index (χ2v) is 8.74. The molecule has 0 atom stereocenters. The summed E-state index contributed by atoms with van der Waals surface area (Å²) in [4.78, 5) is 47.2. The molecule has 3 aromatic rings. The number of carbonyl (C=O) groups is 2. The van der Waals surface area contributed by atoms with Crippen molar-refractivity contribution in [3.63, 3.8) is 0 Å². The molecule has 3 aromatic heterocycles. The van der Waals surface area contributed by atoms with Gasteiger partial charge in [0.15, 0.2) is 5.13 Å². The largest absolute Gasteiger partial charge is 0.469 e. The first-order valence-electron chi connectivity index (χ1n) is 9.33. The molecule has 0 aromatic carbocycles. The molecule has 0 fully saturated rings. The number of aromatic nitrogens is 3. The van der Waals surface area contributed by atoms with Crippen LogP contribution < -0.4 is 10.9 Å². The first kappa shape index (κ1) is 19.7. The maximum absolute atomic E-state index is 13.0. The first-order chi connectivity index (χ1) is 14.0. The highest BCUT2D eigenvalue weighted by Gasteiger charge is 2.23. The number of esters is 1. The molecule has 10 heteroatoms. The molecule has 0 saturated heterocycles. The van der Waals surface area contributed by atoms with Gasteiger partial charge in [0.05, 0.1) is 29.5 Å². The van der Waals surface area contributed by atoms with Gasteiger partial charge in [-0.1, -0.05) is 6.42 Å². The van der Waals surface area contributed by atoms with E-state index in [4.69, 9.17) is 4.98 Å². The number of hydrogen-bond acceptors (Lipinski definition) is 8. The van der Waals surface area contributed by atoms with Crippen LogP contribution in [0.15, 0.2) is 10.2 Å². The number of ether oxygens (including phenoxy) is 1. The molecule has 4 heterocycles. The van der Waals surface area contributed by atoms with Crippen LogP contribution in [0, 0.1) is 6.92 Å². The van der Waals surface area contributed by atoms with E-state index in [2.05, 4.69) is 15.0 Å². The molecule has 29 heavy (non-hydrogen) atoms. The summed E-state index contributed by atoms with van der Waals surface area (Å²) in [5.74, 6) is 0.0875. The van der Waals surface area contributed by atoms with Crippen LogP contribution >= 0.6 is 22.7 Å². The predicted octanol–water partition coefficient (Wildman–Crippen LogP) is 2.92. The van der Waals surface area contributed by atoms with Gasteiger partial charge in [-0.05, 0) is 25.3 Å². The summed E-state index contributed by atoms with van der Waals surface area (Å²) in [5.41, 5.74) is 1.12. The predicted molar refractivity (Wildman–Crippen MR) is 112 cm³/mol. The van der Waals surface area contributed by atoms with Crippen molar-refractivity contribution < 1.29 is 14.3 Å². The number of thiazole rings is 1. The lowest BCUT2D eigenvalue weighted by Crippen LogP contribution is -2.24. The minimum absolute atomic E-state index is 0.0526. The fourth-order valence-electron chi connectivity index (χ4n) is 3.45. The van der Waals surface area contributed by atoms with Gasteiger partial charge in [-0.25, -0.2) is 9.97 Å². The fourth-order valence-corrected chi connectivity index (χ4v) is 5.24. The molecule has 4 rings (SSSR count). The minimum atomic E-state index is -0.389. The van der Waals surface area contributed by atoms with Crippen LogP contribution in [-0.4, -0.2) is 33.5 Å². The smallest absolute Gasteiger partial charge is 0.311 e. The summed E-state index contributed by atoms with van der Waals surface area (Å²) in [5, 5.41) is 5.38. The lowest BCUT2D eigenvalue weighted by molar-refractivity contribution is -0.139. The lowest BCUT2D eigenvalue weighted by Gasteiger charge is -2.08. The van der Waals surface area contributed by atoms with E-state index in [-0.39, 0.29) is 23.9 Å². The number of nitrogens with zero attached hydrogens (tertiary/aromatic N) is 3. The summed E-state index contributed by atoms with van der Waals surface area (Å²) in [7, 11) is 1.32. The van der Waals surface area contributed by atoms with Crippen molar-refractivity contribution in [3.05, 3.63) is 37.7 Å². The maximum Gasteiger partial charge on any atom is 0.311 e. The van der Waals surface area contributed by atoms with Gasteiger partial charge >= 0.3 is 5.97 Å².